The van der Waals surface area contributed by atoms with E-state index in [0.29, 0.717) is 21.5 Å². The third-order valence-electron chi connectivity index (χ3n) is 5.51. The van der Waals surface area contributed by atoms with Crippen molar-refractivity contribution < 1.29 is 8.42 Å². The lowest BCUT2D eigenvalue weighted by Gasteiger charge is -2.03. The first-order valence-corrected chi connectivity index (χ1v) is 13.9. The maximum absolute atomic E-state index is 11.6. The van der Waals surface area contributed by atoms with Crippen LogP contribution in [-0.2, 0) is 10.0 Å². The highest BCUT2D eigenvalue weighted by Gasteiger charge is 2.13. The smallest absolute Gasteiger partial charge is 0.238 e. The van der Waals surface area contributed by atoms with Gasteiger partial charge in [0.2, 0.25) is 15.2 Å². The Labute approximate surface area is 223 Å². The zero-order chi connectivity index (χ0) is 26.0. The number of primary sulfonamides is 1. The highest BCUT2D eigenvalue weighted by atomic mass is 35.5. The molecule has 0 fully saturated rings. The number of benzene rings is 3. The van der Waals surface area contributed by atoms with E-state index in [4.69, 9.17) is 21.8 Å². The van der Waals surface area contributed by atoms with Gasteiger partial charge in [-0.05, 0) is 43.3 Å². The van der Waals surface area contributed by atoms with Gasteiger partial charge in [-0.3, -0.25) is 5.43 Å². The lowest BCUT2D eigenvalue weighted by atomic mass is 10.1. The van der Waals surface area contributed by atoms with Gasteiger partial charge in [-0.15, -0.1) is 11.3 Å². The molecule has 0 atom stereocenters. The van der Waals surface area contributed by atoms with Gasteiger partial charge in [-0.2, -0.15) is 10.2 Å². The van der Waals surface area contributed by atoms with Crippen LogP contribution in [0, 0.1) is 6.92 Å². The zero-order valence-corrected chi connectivity index (χ0v) is 21.9. The number of aryl methyl sites for hydroxylation is 1. The van der Waals surface area contributed by atoms with Crippen molar-refractivity contribution in [2.45, 2.75) is 11.8 Å². The van der Waals surface area contributed by atoms with Gasteiger partial charge in [0, 0.05) is 33.3 Å². The second kappa shape index (κ2) is 10.3. The van der Waals surface area contributed by atoms with E-state index >= 15 is 0 Å². The molecule has 11 heteroatoms. The summed E-state index contributed by atoms with van der Waals surface area (Å²) in [7, 11) is -3.78. The summed E-state index contributed by atoms with van der Waals surface area (Å²) in [5.74, 6) is 0. The molecule has 0 spiro atoms. The van der Waals surface area contributed by atoms with E-state index in [-0.39, 0.29) is 4.90 Å². The van der Waals surface area contributed by atoms with Crippen LogP contribution in [0.1, 0.15) is 11.1 Å². The van der Waals surface area contributed by atoms with Crippen molar-refractivity contribution in [3.8, 4) is 28.2 Å². The zero-order valence-electron chi connectivity index (χ0n) is 19.5. The lowest BCUT2D eigenvalue weighted by Crippen LogP contribution is -2.12. The second-order valence-corrected chi connectivity index (χ2v) is 11.1. The number of rotatable bonds is 7. The van der Waals surface area contributed by atoms with Crippen LogP contribution < -0.4 is 10.6 Å². The van der Waals surface area contributed by atoms with Crippen molar-refractivity contribution in [1.82, 2.24) is 14.8 Å². The molecular formula is C26H21ClN6O2S2. The maximum Gasteiger partial charge on any atom is 0.238 e. The van der Waals surface area contributed by atoms with Crippen molar-refractivity contribution >= 4 is 44.3 Å². The van der Waals surface area contributed by atoms with E-state index in [2.05, 4.69) is 27.6 Å². The Balaban J connectivity index is 1.42. The second-order valence-electron chi connectivity index (χ2n) is 8.20. The quantitative estimate of drug-likeness (QED) is 0.199. The number of nitrogens with zero attached hydrogens (tertiary/aromatic N) is 4. The molecule has 0 amide bonds. The molecule has 2 aromatic heterocycles. The maximum atomic E-state index is 11.6. The molecule has 3 aromatic carbocycles. The Hall–Kier alpha value is -3.83. The predicted molar refractivity (Wildman–Crippen MR) is 149 cm³/mol. The number of nitrogens with two attached hydrogens (primary N) is 1. The topological polar surface area (TPSA) is 115 Å². The van der Waals surface area contributed by atoms with Crippen LogP contribution in [-0.4, -0.2) is 29.4 Å². The van der Waals surface area contributed by atoms with Gasteiger partial charge in [0.25, 0.3) is 0 Å². The van der Waals surface area contributed by atoms with Crippen LogP contribution in [0.3, 0.4) is 0 Å². The van der Waals surface area contributed by atoms with Crippen molar-refractivity contribution in [2.24, 2.45) is 10.2 Å². The van der Waals surface area contributed by atoms with Gasteiger partial charge in [-0.1, -0.05) is 53.6 Å². The van der Waals surface area contributed by atoms with E-state index in [1.807, 2.05) is 36.6 Å². The molecule has 0 aliphatic heterocycles. The van der Waals surface area contributed by atoms with Crippen molar-refractivity contribution in [3.63, 3.8) is 0 Å². The normalized spacial score (nSPS) is 11.8. The molecule has 37 heavy (non-hydrogen) atoms. The molecule has 186 valence electrons. The fourth-order valence-electron chi connectivity index (χ4n) is 3.57. The molecule has 5 rings (SSSR count). The Morgan fingerprint density at radius 2 is 1.68 bits per heavy atom. The average Bonchev–Trinajstić information content (AvgIpc) is 3.52. The molecule has 2 heterocycles. The summed E-state index contributed by atoms with van der Waals surface area (Å²) in [5, 5.41) is 17.6. The average molecular weight is 549 g/mol. The first-order chi connectivity index (χ1) is 17.8. The standard InChI is InChI=1S/C26H21ClN6O2S2/c1-17-2-4-18(5-3-17)24-16-36-26(30-24)31-29-14-20-15-33(22-10-12-23(13-11-22)37(28,34)35)32-25(20)19-6-8-21(27)9-7-19/h2-16H,1H3,(H,30,31)(H2,28,34,35)/b29-14+. The number of anilines is 1. The lowest BCUT2D eigenvalue weighted by molar-refractivity contribution is 0.598. The number of hydrazone groups is 1. The van der Waals surface area contributed by atoms with Gasteiger partial charge in [0.05, 0.1) is 22.5 Å². The van der Waals surface area contributed by atoms with E-state index in [9.17, 15) is 8.42 Å². The SMILES string of the molecule is Cc1ccc(-c2csc(N/N=C/c3cn(-c4ccc(S(N)(=O)=O)cc4)nc3-c3ccc(Cl)cc3)n2)cc1. The predicted octanol–water partition coefficient (Wildman–Crippen LogP) is 5.72. The molecule has 0 saturated heterocycles. The van der Waals surface area contributed by atoms with Crippen LogP contribution in [0.4, 0.5) is 5.13 Å². The number of sulfonamides is 1. The summed E-state index contributed by atoms with van der Waals surface area (Å²) in [4.78, 5) is 4.64. The molecule has 0 bridgehead atoms. The number of aromatic nitrogens is 3. The molecule has 0 saturated carbocycles. The molecule has 0 aliphatic rings. The van der Waals surface area contributed by atoms with Crippen LogP contribution in [0.5, 0.6) is 0 Å². The van der Waals surface area contributed by atoms with Crippen molar-refractivity contribution in [2.75, 3.05) is 5.43 Å². The van der Waals surface area contributed by atoms with Crippen LogP contribution in [0.2, 0.25) is 5.02 Å². The number of hydrogen-bond donors (Lipinski definition) is 2. The monoisotopic (exact) mass is 548 g/mol. The highest BCUT2D eigenvalue weighted by Crippen LogP contribution is 2.27. The fourth-order valence-corrected chi connectivity index (χ4v) is 4.88. The fraction of sp³-hybridized carbons (Fsp3) is 0.0385. The summed E-state index contributed by atoms with van der Waals surface area (Å²) in [6.45, 7) is 2.05. The van der Waals surface area contributed by atoms with Crippen LogP contribution in [0.25, 0.3) is 28.2 Å². The molecule has 5 aromatic rings. The van der Waals surface area contributed by atoms with Crippen molar-refractivity contribution in [3.05, 3.63) is 101 Å². The molecule has 0 unspecified atom stereocenters. The summed E-state index contributed by atoms with van der Waals surface area (Å²) < 4.78 is 24.8. The first-order valence-electron chi connectivity index (χ1n) is 11.1. The number of halogens is 1. The van der Waals surface area contributed by atoms with Crippen LogP contribution in [0.15, 0.2) is 94.4 Å². The number of hydrogen-bond acceptors (Lipinski definition) is 7. The molecule has 3 N–H and O–H groups in total. The highest BCUT2D eigenvalue weighted by molar-refractivity contribution is 7.89. The van der Waals surface area contributed by atoms with E-state index in [1.165, 1.54) is 29.0 Å². The molecule has 0 aliphatic carbocycles. The van der Waals surface area contributed by atoms with Gasteiger partial charge in [0.15, 0.2) is 0 Å². The Morgan fingerprint density at radius 1 is 1.00 bits per heavy atom. The van der Waals surface area contributed by atoms with Gasteiger partial charge < -0.3 is 0 Å². The number of nitrogens with one attached hydrogen (secondary N) is 1. The third-order valence-corrected chi connectivity index (χ3v) is 7.43. The summed E-state index contributed by atoms with van der Waals surface area (Å²) >= 11 is 7.53. The summed E-state index contributed by atoms with van der Waals surface area (Å²) in [6, 6.07) is 21.7. The first kappa shape index (κ1) is 24.8. The summed E-state index contributed by atoms with van der Waals surface area (Å²) in [5.41, 5.74) is 9.03. The minimum absolute atomic E-state index is 0.0285. The van der Waals surface area contributed by atoms with E-state index in [0.717, 1.165) is 22.4 Å². The molecule has 8 nitrogen and oxygen atoms in total. The molecule has 0 radical (unpaired) electrons. The minimum atomic E-state index is -3.78. The third kappa shape index (κ3) is 5.78. The van der Waals surface area contributed by atoms with Gasteiger partial charge in [-0.25, -0.2) is 23.2 Å². The largest absolute Gasteiger partial charge is 0.253 e. The van der Waals surface area contributed by atoms with E-state index in [1.54, 1.807) is 41.4 Å². The van der Waals surface area contributed by atoms with Crippen molar-refractivity contribution in [1.29, 1.82) is 0 Å². The van der Waals surface area contributed by atoms with Gasteiger partial charge >= 0.3 is 0 Å². The Bertz CT molecular complexity index is 1670. The molecular weight excluding hydrogens is 528 g/mol. The Morgan fingerprint density at radius 3 is 2.35 bits per heavy atom. The Kier molecular flexibility index (Phi) is 6.90. The number of thiazole rings is 1. The minimum Gasteiger partial charge on any atom is -0.253 e. The van der Waals surface area contributed by atoms with E-state index < -0.39 is 10.0 Å². The van der Waals surface area contributed by atoms with Gasteiger partial charge in [0.1, 0.15) is 5.69 Å². The van der Waals surface area contributed by atoms with Crippen LogP contribution >= 0.6 is 22.9 Å². The summed E-state index contributed by atoms with van der Waals surface area (Å²) in [6.07, 6.45) is 3.47.